The summed E-state index contributed by atoms with van der Waals surface area (Å²) in [5.74, 6) is -1.13. The fourth-order valence-corrected chi connectivity index (χ4v) is 2.94. The topological polar surface area (TPSA) is 116 Å². The van der Waals surface area contributed by atoms with E-state index in [0.717, 1.165) is 11.6 Å². The lowest BCUT2D eigenvalue weighted by Gasteiger charge is -2.26. The van der Waals surface area contributed by atoms with Crippen LogP contribution in [0.1, 0.15) is 22.3 Å². The number of rotatable bonds is 5. The summed E-state index contributed by atoms with van der Waals surface area (Å²) in [7, 11) is 0. The van der Waals surface area contributed by atoms with Crippen molar-refractivity contribution in [2.24, 2.45) is 0 Å². The van der Waals surface area contributed by atoms with Gasteiger partial charge in [-0.1, -0.05) is 36.4 Å². The second-order valence-corrected chi connectivity index (χ2v) is 6.29. The fraction of sp³-hybridized carbons (Fsp3) is 0.200. The van der Waals surface area contributed by atoms with Gasteiger partial charge in [0.1, 0.15) is 5.69 Å². The maximum absolute atomic E-state index is 12.3. The first-order valence-corrected chi connectivity index (χ1v) is 8.69. The number of benzene rings is 2. The molecule has 8 nitrogen and oxygen atoms in total. The molecule has 0 atom stereocenters. The van der Waals surface area contributed by atoms with Gasteiger partial charge in [0, 0.05) is 19.2 Å². The van der Waals surface area contributed by atoms with Gasteiger partial charge in [-0.25, -0.2) is 4.79 Å². The Bertz CT molecular complexity index is 940. The van der Waals surface area contributed by atoms with Gasteiger partial charge in [-0.05, 0) is 29.7 Å². The Morgan fingerprint density at radius 2 is 1.93 bits per heavy atom. The smallest absolute Gasteiger partial charge is 0.338 e. The van der Waals surface area contributed by atoms with Crippen LogP contribution in [0, 0.1) is 10.1 Å². The number of nitrogens with zero attached hydrogens (tertiary/aromatic N) is 2. The van der Waals surface area contributed by atoms with Crippen LogP contribution in [0.15, 0.2) is 54.6 Å². The number of nitro benzene ring substituents is 1. The average Bonchev–Trinajstić information content (AvgIpc) is 2.72. The third-order valence-corrected chi connectivity index (χ3v) is 4.50. The van der Waals surface area contributed by atoms with Gasteiger partial charge in [0.15, 0.2) is 6.61 Å². The van der Waals surface area contributed by atoms with Crippen molar-refractivity contribution in [3.63, 3.8) is 0 Å². The van der Waals surface area contributed by atoms with Gasteiger partial charge in [-0.3, -0.25) is 14.9 Å². The first-order valence-electron chi connectivity index (χ1n) is 8.69. The van der Waals surface area contributed by atoms with Crippen molar-refractivity contribution in [1.29, 1.82) is 0 Å². The van der Waals surface area contributed by atoms with E-state index in [4.69, 9.17) is 10.5 Å². The molecule has 0 aromatic heterocycles. The summed E-state index contributed by atoms with van der Waals surface area (Å²) in [5, 5.41) is 10.9. The van der Waals surface area contributed by atoms with Gasteiger partial charge < -0.3 is 15.4 Å². The van der Waals surface area contributed by atoms with Gasteiger partial charge in [0.05, 0.1) is 10.5 Å². The zero-order chi connectivity index (χ0) is 20.1. The van der Waals surface area contributed by atoms with Gasteiger partial charge in [0.25, 0.3) is 11.6 Å². The van der Waals surface area contributed by atoms with Crippen molar-refractivity contribution in [2.45, 2.75) is 6.42 Å². The predicted molar refractivity (Wildman–Crippen MR) is 103 cm³/mol. The van der Waals surface area contributed by atoms with E-state index in [0.29, 0.717) is 19.5 Å². The van der Waals surface area contributed by atoms with Gasteiger partial charge in [0.2, 0.25) is 0 Å². The second-order valence-electron chi connectivity index (χ2n) is 6.29. The van der Waals surface area contributed by atoms with Crippen molar-refractivity contribution in [3.05, 3.63) is 75.8 Å². The first kappa shape index (κ1) is 19.1. The number of ether oxygens (including phenoxy) is 1. The number of nitrogen functional groups attached to an aromatic ring is 1. The lowest BCUT2D eigenvalue weighted by Crippen LogP contribution is -2.37. The molecule has 2 aromatic carbocycles. The SMILES string of the molecule is Nc1ccc(C(=O)OCC(=O)N2CC=C(c3ccccc3)CC2)cc1[N+](=O)[O-]. The number of amides is 1. The molecule has 1 aliphatic rings. The quantitative estimate of drug-likeness (QED) is 0.368. The maximum atomic E-state index is 12.3. The van der Waals surface area contributed by atoms with E-state index in [1.807, 2.05) is 36.4 Å². The van der Waals surface area contributed by atoms with Crippen LogP contribution in [0.3, 0.4) is 0 Å². The Morgan fingerprint density at radius 3 is 2.57 bits per heavy atom. The van der Waals surface area contributed by atoms with Gasteiger partial charge in [-0.2, -0.15) is 0 Å². The molecule has 0 spiro atoms. The van der Waals surface area contributed by atoms with Crippen LogP contribution in [0.5, 0.6) is 0 Å². The molecule has 0 unspecified atom stereocenters. The third-order valence-electron chi connectivity index (χ3n) is 4.50. The molecule has 1 aliphatic heterocycles. The summed E-state index contributed by atoms with van der Waals surface area (Å²) in [6.45, 7) is 0.546. The van der Waals surface area contributed by atoms with E-state index in [1.165, 1.54) is 17.7 Å². The minimum Gasteiger partial charge on any atom is -0.452 e. The van der Waals surface area contributed by atoms with E-state index >= 15 is 0 Å². The van der Waals surface area contributed by atoms with Crippen LogP contribution in [-0.2, 0) is 9.53 Å². The van der Waals surface area contributed by atoms with Gasteiger partial charge >= 0.3 is 5.97 Å². The number of nitrogens with two attached hydrogens (primary N) is 1. The van der Waals surface area contributed by atoms with Crippen molar-refractivity contribution in [1.82, 2.24) is 4.90 Å². The number of carbonyl (C=O) groups is 2. The van der Waals surface area contributed by atoms with Crippen molar-refractivity contribution in [3.8, 4) is 0 Å². The number of esters is 1. The van der Waals surface area contributed by atoms with Crippen molar-refractivity contribution < 1.29 is 19.2 Å². The Labute approximate surface area is 161 Å². The molecule has 0 radical (unpaired) electrons. The molecule has 2 N–H and O–H groups in total. The van der Waals surface area contributed by atoms with E-state index < -0.39 is 17.5 Å². The lowest BCUT2D eigenvalue weighted by molar-refractivity contribution is -0.383. The molecular weight excluding hydrogens is 362 g/mol. The molecule has 8 heteroatoms. The summed E-state index contributed by atoms with van der Waals surface area (Å²) in [6.07, 6.45) is 2.70. The zero-order valence-corrected chi connectivity index (χ0v) is 15.0. The molecule has 3 rings (SSSR count). The number of nitro groups is 1. The highest BCUT2D eigenvalue weighted by molar-refractivity contribution is 5.93. The zero-order valence-electron chi connectivity index (χ0n) is 15.0. The molecule has 1 amide bonds. The Balaban J connectivity index is 1.56. The first-order chi connectivity index (χ1) is 13.5. The number of anilines is 1. The van der Waals surface area contributed by atoms with Crippen LogP contribution >= 0.6 is 0 Å². The van der Waals surface area contributed by atoms with Gasteiger partial charge in [-0.15, -0.1) is 0 Å². The largest absolute Gasteiger partial charge is 0.452 e. The summed E-state index contributed by atoms with van der Waals surface area (Å²) in [6, 6.07) is 13.6. The maximum Gasteiger partial charge on any atom is 0.338 e. The molecule has 0 aliphatic carbocycles. The summed E-state index contributed by atoms with van der Waals surface area (Å²) in [5.41, 5.74) is 7.35. The highest BCUT2D eigenvalue weighted by Gasteiger charge is 2.21. The van der Waals surface area contributed by atoms with Crippen LogP contribution in [-0.4, -0.2) is 41.4 Å². The standard InChI is InChI=1S/C20H19N3O5/c21-17-7-6-16(12-18(17)23(26)27)20(25)28-13-19(24)22-10-8-15(9-11-22)14-4-2-1-3-5-14/h1-8,12H,9-11,13,21H2. The predicted octanol–water partition coefficient (Wildman–Crippen LogP) is 2.65. The number of carbonyl (C=O) groups excluding carboxylic acids is 2. The average molecular weight is 381 g/mol. The molecule has 0 bridgehead atoms. The Kier molecular flexibility index (Phi) is 5.69. The number of hydrogen-bond acceptors (Lipinski definition) is 6. The minimum atomic E-state index is -0.811. The molecule has 28 heavy (non-hydrogen) atoms. The molecule has 0 fully saturated rings. The fourth-order valence-electron chi connectivity index (χ4n) is 2.94. The highest BCUT2D eigenvalue weighted by atomic mass is 16.6. The summed E-state index contributed by atoms with van der Waals surface area (Å²) >= 11 is 0. The van der Waals surface area contributed by atoms with Crippen molar-refractivity contribution >= 4 is 28.8 Å². The summed E-state index contributed by atoms with van der Waals surface area (Å²) in [4.78, 5) is 36.2. The molecule has 0 saturated heterocycles. The van der Waals surface area contributed by atoms with E-state index in [1.54, 1.807) is 4.90 Å². The summed E-state index contributed by atoms with van der Waals surface area (Å²) < 4.78 is 5.01. The Hall–Kier alpha value is -3.68. The molecule has 1 heterocycles. The lowest BCUT2D eigenvalue weighted by atomic mass is 10.00. The van der Waals surface area contributed by atoms with Crippen molar-refractivity contribution in [2.75, 3.05) is 25.4 Å². The molecular formula is C20H19N3O5. The van der Waals surface area contributed by atoms with Crippen LogP contribution < -0.4 is 5.73 Å². The van der Waals surface area contributed by atoms with E-state index in [2.05, 4.69) is 0 Å². The molecule has 144 valence electrons. The van der Waals surface area contributed by atoms with Crippen LogP contribution in [0.2, 0.25) is 0 Å². The third kappa shape index (κ3) is 4.35. The van der Waals surface area contributed by atoms with Crippen LogP contribution in [0.4, 0.5) is 11.4 Å². The van der Waals surface area contributed by atoms with Crippen LogP contribution in [0.25, 0.3) is 5.57 Å². The Morgan fingerprint density at radius 1 is 1.18 bits per heavy atom. The molecule has 0 saturated carbocycles. The highest BCUT2D eigenvalue weighted by Crippen LogP contribution is 2.23. The number of hydrogen-bond donors (Lipinski definition) is 1. The second kappa shape index (κ2) is 8.34. The van der Waals surface area contributed by atoms with E-state index in [9.17, 15) is 19.7 Å². The molecule has 2 aromatic rings. The normalized spacial score (nSPS) is 13.6. The van der Waals surface area contributed by atoms with E-state index in [-0.39, 0.29) is 22.8 Å². The minimum absolute atomic E-state index is 0.0291. The monoisotopic (exact) mass is 381 g/mol.